The lowest BCUT2D eigenvalue weighted by Gasteiger charge is -2.12. The molecule has 3 aromatic heterocycles. The molecular formula is C28H24N12O2S2. The molecule has 0 saturated carbocycles. The zero-order valence-electron chi connectivity index (χ0n) is 23.4. The predicted molar refractivity (Wildman–Crippen MR) is 167 cm³/mol. The zero-order valence-corrected chi connectivity index (χ0v) is 25.1. The van der Waals surface area contributed by atoms with E-state index in [0.29, 0.717) is 27.5 Å². The van der Waals surface area contributed by atoms with Crippen LogP contribution in [-0.2, 0) is 23.7 Å². The highest BCUT2D eigenvalue weighted by atomic mass is 32.2. The second-order valence-corrected chi connectivity index (χ2v) is 11.3. The Morgan fingerprint density at radius 2 is 1.30 bits per heavy atom. The van der Waals surface area contributed by atoms with E-state index in [4.69, 9.17) is 9.97 Å². The first kappa shape index (κ1) is 28.9. The third kappa shape index (κ3) is 6.71. The second kappa shape index (κ2) is 13.0. The van der Waals surface area contributed by atoms with Crippen molar-refractivity contribution in [2.24, 2.45) is 14.1 Å². The first-order valence-corrected chi connectivity index (χ1v) is 15.2. The Morgan fingerprint density at radius 1 is 0.705 bits per heavy atom. The number of nitrogens with one attached hydrogen (secondary N) is 2. The molecule has 0 saturated heterocycles. The van der Waals surface area contributed by atoms with Crippen LogP contribution in [0.5, 0.6) is 0 Å². The number of aryl methyl sites for hydroxylation is 2. The van der Waals surface area contributed by atoms with E-state index >= 15 is 0 Å². The van der Waals surface area contributed by atoms with E-state index in [0.717, 1.165) is 27.7 Å². The highest BCUT2D eigenvalue weighted by Gasteiger charge is 2.15. The molecule has 2 amide bonds. The molecule has 0 aliphatic rings. The second-order valence-electron chi connectivity index (χ2n) is 9.41. The summed E-state index contributed by atoms with van der Waals surface area (Å²) < 4.78 is 3.02. The van der Waals surface area contributed by atoms with Crippen molar-refractivity contribution < 1.29 is 9.59 Å². The summed E-state index contributed by atoms with van der Waals surface area (Å²) in [7, 11) is 3.44. The van der Waals surface area contributed by atoms with E-state index in [1.807, 2.05) is 72.8 Å². The standard InChI is InChI=1S/C28H24N12O2S2/c1-39-27(33-35-37-39)43-15-23(41)29-19-10-8-18(9-11-19)26-31-22-13-12-20(30-24(42)16-44-28-34-36-38-40(28)2)14-21(22)25(32-26)17-6-4-3-5-7-17/h3-14H,15-16H2,1-2H3,(H,29,41)(H,30,42). The van der Waals surface area contributed by atoms with Crippen molar-refractivity contribution in [3.8, 4) is 22.6 Å². The minimum absolute atomic E-state index is 0.154. The van der Waals surface area contributed by atoms with Gasteiger partial charge in [-0.15, -0.1) is 10.2 Å². The van der Waals surface area contributed by atoms with Crippen LogP contribution >= 0.6 is 23.5 Å². The van der Waals surface area contributed by atoms with Crippen molar-refractivity contribution in [1.82, 2.24) is 50.4 Å². The first-order valence-electron chi connectivity index (χ1n) is 13.2. The summed E-state index contributed by atoms with van der Waals surface area (Å²) in [5.74, 6) is 0.496. The van der Waals surface area contributed by atoms with Crippen LogP contribution in [-0.4, -0.2) is 73.7 Å². The van der Waals surface area contributed by atoms with Gasteiger partial charge in [-0.1, -0.05) is 53.9 Å². The number of hydrogen-bond donors (Lipinski definition) is 2. The molecule has 6 aromatic rings. The minimum atomic E-state index is -0.187. The number of anilines is 2. The maximum absolute atomic E-state index is 12.7. The fraction of sp³-hybridized carbons (Fsp3) is 0.143. The Labute approximate surface area is 259 Å². The molecule has 0 spiro atoms. The van der Waals surface area contributed by atoms with Gasteiger partial charge in [-0.05, 0) is 63.3 Å². The van der Waals surface area contributed by atoms with Gasteiger partial charge in [0, 0.05) is 42.0 Å². The molecule has 14 nitrogen and oxygen atoms in total. The summed E-state index contributed by atoms with van der Waals surface area (Å²) in [4.78, 5) is 34.9. The van der Waals surface area contributed by atoms with Crippen LogP contribution < -0.4 is 10.6 Å². The van der Waals surface area contributed by atoms with Gasteiger partial charge >= 0.3 is 0 Å². The van der Waals surface area contributed by atoms with Crippen LogP contribution in [0.3, 0.4) is 0 Å². The van der Waals surface area contributed by atoms with E-state index in [2.05, 4.69) is 41.7 Å². The molecule has 0 radical (unpaired) electrons. The van der Waals surface area contributed by atoms with Crippen LogP contribution in [0.2, 0.25) is 0 Å². The van der Waals surface area contributed by atoms with Crippen molar-refractivity contribution in [2.45, 2.75) is 10.3 Å². The van der Waals surface area contributed by atoms with Gasteiger partial charge in [0.15, 0.2) is 5.82 Å². The molecule has 16 heteroatoms. The number of nitrogens with zero attached hydrogens (tertiary/aromatic N) is 10. The zero-order chi connectivity index (χ0) is 30.5. The Balaban J connectivity index is 1.21. The number of carbonyl (C=O) groups is 2. The van der Waals surface area contributed by atoms with Crippen LogP contribution in [0.4, 0.5) is 11.4 Å². The number of amides is 2. The average molecular weight is 625 g/mol. The van der Waals surface area contributed by atoms with Crippen LogP contribution in [0.15, 0.2) is 83.1 Å². The summed E-state index contributed by atoms with van der Waals surface area (Å²) >= 11 is 2.50. The van der Waals surface area contributed by atoms with Gasteiger partial charge in [0.25, 0.3) is 0 Å². The predicted octanol–water partition coefficient (Wildman–Crippen LogP) is 3.47. The molecule has 0 unspecified atom stereocenters. The molecule has 44 heavy (non-hydrogen) atoms. The average Bonchev–Trinajstić information content (AvgIpc) is 3.65. The van der Waals surface area contributed by atoms with E-state index in [1.54, 1.807) is 14.1 Å². The summed E-state index contributed by atoms with van der Waals surface area (Å²) in [6, 6.07) is 22.7. The largest absolute Gasteiger partial charge is 0.325 e. The lowest BCUT2D eigenvalue weighted by molar-refractivity contribution is -0.114. The molecule has 0 aliphatic carbocycles. The number of rotatable bonds is 10. The summed E-state index contributed by atoms with van der Waals surface area (Å²) in [5.41, 5.74) is 4.42. The molecule has 3 aromatic carbocycles. The third-order valence-corrected chi connectivity index (χ3v) is 8.30. The SMILES string of the molecule is Cn1nnnc1SCC(=O)Nc1ccc(-c2nc(-c3ccccc3)c3cc(NC(=O)CSc4nnnn4C)ccc3n2)cc1. The van der Waals surface area contributed by atoms with Crippen molar-refractivity contribution in [1.29, 1.82) is 0 Å². The van der Waals surface area contributed by atoms with Gasteiger partial charge in [0.1, 0.15) is 0 Å². The number of fused-ring (bicyclic) bond motifs is 1. The fourth-order valence-corrected chi connectivity index (χ4v) is 5.50. The van der Waals surface area contributed by atoms with Gasteiger partial charge < -0.3 is 10.6 Å². The number of hydrogen-bond acceptors (Lipinski definition) is 12. The van der Waals surface area contributed by atoms with E-state index in [-0.39, 0.29) is 23.3 Å². The summed E-state index contributed by atoms with van der Waals surface area (Å²) in [6.45, 7) is 0. The monoisotopic (exact) mass is 624 g/mol. The number of benzene rings is 3. The number of tetrazole rings is 2. The Morgan fingerprint density at radius 3 is 1.89 bits per heavy atom. The van der Waals surface area contributed by atoms with Crippen molar-refractivity contribution in [3.63, 3.8) is 0 Å². The topological polar surface area (TPSA) is 171 Å². The van der Waals surface area contributed by atoms with E-state index < -0.39 is 0 Å². The Hall–Kier alpha value is -5.22. The smallest absolute Gasteiger partial charge is 0.234 e. The normalized spacial score (nSPS) is 11.0. The maximum atomic E-state index is 12.7. The molecule has 0 fully saturated rings. The highest BCUT2D eigenvalue weighted by molar-refractivity contribution is 8.00. The van der Waals surface area contributed by atoms with Crippen LogP contribution in [0.1, 0.15) is 0 Å². The minimum Gasteiger partial charge on any atom is -0.325 e. The van der Waals surface area contributed by atoms with Crippen molar-refractivity contribution in [3.05, 3.63) is 72.8 Å². The summed E-state index contributed by atoms with van der Waals surface area (Å²) in [5, 5.41) is 30.2. The van der Waals surface area contributed by atoms with Crippen molar-refractivity contribution in [2.75, 3.05) is 22.1 Å². The molecule has 220 valence electrons. The highest BCUT2D eigenvalue weighted by Crippen LogP contribution is 2.31. The number of carbonyl (C=O) groups excluding carboxylic acids is 2. The summed E-state index contributed by atoms with van der Waals surface area (Å²) in [6.07, 6.45) is 0. The quantitative estimate of drug-likeness (QED) is 0.213. The Kier molecular flexibility index (Phi) is 8.51. The fourth-order valence-electron chi connectivity index (χ4n) is 4.20. The van der Waals surface area contributed by atoms with Gasteiger partial charge in [0.2, 0.25) is 22.1 Å². The lowest BCUT2D eigenvalue weighted by atomic mass is 10.0. The van der Waals surface area contributed by atoms with Gasteiger partial charge in [-0.2, -0.15) is 0 Å². The van der Waals surface area contributed by atoms with Crippen molar-refractivity contribution >= 4 is 57.6 Å². The molecule has 3 heterocycles. The third-order valence-electron chi connectivity index (χ3n) is 6.28. The molecule has 0 bridgehead atoms. The number of thioether (sulfide) groups is 2. The van der Waals surface area contributed by atoms with Gasteiger partial charge in [-0.25, -0.2) is 19.3 Å². The van der Waals surface area contributed by atoms with Gasteiger partial charge in [0.05, 0.1) is 22.7 Å². The molecule has 2 N–H and O–H groups in total. The molecule has 6 rings (SSSR count). The Bertz CT molecular complexity index is 1940. The molecular weight excluding hydrogens is 601 g/mol. The number of aromatic nitrogens is 10. The molecule has 0 aliphatic heterocycles. The van der Waals surface area contributed by atoms with Crippen LogP contribution in [0, 0.1) is 0 Å². The van der Waals surface area contributed by atoms with E-state index in [9.17, 15) is 9.59 Å². The maximum Gasteiger partial charge on any atom is 0.234 e. The van der Waals surface area contributed by atoms with Crippen LogP contribution in [0.25, 0.3) is 33.5 Å². The molecule has 0 atom stereocenters. The van der Waals surface area contributed by atoms with E-state index in [1.165, 1.54) is 32.9 Å². The first-order chi connectivity index (χ1) is 21.4. The van der Waals surface area contributed by atoms with Gasteiger partial charge in [-0.3, -0.25) is 9.59 Å². The lowest BCUT2D eigenvalue weighted by Crippen LogP contribution is -2.14.